The van der Waals surface area contributed by atoms with Gasteiger partial charge in [-0.3, -0.25) is 9.59 Å². The Labute approximate surface area is 196 Å². The van der Waals surface area contributed by atoms with Gasteiger partial charge in [-0.2, -0.15) is 0 Å². The molecule has 2 N–H and O–H groups in total. The number of benzene rings is 2. The Kier molecular flexibility index (Phi) is 6.32. The molecule has 0 aliphatic carbocycles. The summed E-state index contributed by atoms with van der Waals surface area (Å²) >= 11 is 0. The van der Waals surface area contributed by atoms with E-state index in [1.807, 2.05) is 0 Å². The summed E-state index contributed by atoms with van der Waals surface area (Å²) in [6.07, 6.45) is 1.77. The molecule has 0 fully saturated rings. The number of furan rings is 1. The van der Waals surface area contributed by atoms with Gasteiger partial charge in [0.1, 0.15) is 0 Å². The average molecular weight is 464 g/mol. The Morgan fingerprint density at radius 3 is 2.12 bits per heavy atom. The van der Waals surface area contributed by atoms with Gasteiger partial charge in [0.25, 0.3) is 0 Å². The molecule has 4 rings (SSSR count). The maximum Gasteiger partial charge on any atom is 0.206 e. The molecule has 34 heavy (non-hydrogen) atoms. The van der Waals surface area contributed by atoms with Crippen LogP contribution in [0.1, 0.15) is 40.4 Å². The Bertz CT molecular complexity index is 1240. The number of phenolic OH excluding ortho intramolecular Hbond substituents is 2. The highest BCUT2D eigenvalue weighted by atomic mass is 16.5. The van der Waals surface area contributed by atoms with Crippen LogP contribution in [0.15, 0.2) is 71.0 Å². The van der Waals surface area contributed by atoms with E-state index in [2.05, 4.69) is 0 Å². The van der Waals surface area contributed by atoms with Gasteiger partial charge in [-0.15, -0.1) is 0 Å². The van der Waals surface area contributed by atoms with Crippen LogP contribution < -0.4 is 9.47 Å². The number of allylic oxidation sites excluding steroid dienone is 1. The minimum atomic E-state index is -1.02. The van der Waals surface area contributed by atoms with Crippen molar-refractivity contribution in [1.82, 2.24) is 0 Å². The highest BCUT2D eigenvalue weighted by molar-refractivity contribution is 6.02. The Hall–Kier alpha value is -4.20. The van der Waals surface area contributed by atoms with E-state index >= 15 is 0 Å². The lowest BCUT2D eigenvalue weighted by Gasteiger charge is -2.31. The van der Waals surface area contributed by atoms with Crippen molar-refractivity contribution in [2.45, 2.75) is 24.9 Å². The lowest BCUT2D eigenvalue weighted by Crippen LogP contribution is -2.34. The van der Waals surface area contributed by atoms with E-state index in [0.717, 1.165) is 0 Å². The first-order valence-corrected chi connectivity index (χ1v) is 10.5. The molecule has 0 radical (unpaired) electrons. The number of methoxy groups -OCH3 is 2. The molecule has 1 aromatic heterocycles. The Morgan fingerprint density at radius 1 is 0.971 bits per heavy atom. The third-order valence-electron chi connectivity index (χ3n) is 5.82. The summed E-state index contributed by atoms with van der Waals surface area (Å²) in [7, 11) is 2.81. The molecule has 8 heteroatoms. The lowest BCUT2D eigenvalue weighted by atomic mass is 9.74. The number of hydrogen-bond donors (Lipinski definition) is 2. The standard InChI is InChI=1S/C26H24O8/c1-14-11-19(29)26(34-14)24(16-7-9-18(28)22(13-16)32-3)23(25(30)20-5-4-10-33-20)15-6-8-17(27)21(12-15)31-2/h4-13,23-24,26-28H,1-3H3. The molecule has 8 nitrogen and oxygen atoms in total. The molecule has 0 saturated carbocycles. The fourth-order valence-corrected chi connectivity index (χ4v) is 4.25. The number of Topliss-reactive ketones (excluding diaryl/α,β-unsaturated/α-hetero) is 1. The van der Waals surface area contributed by atoms with E-state index < -0.39 is 23.7 Å². The van der Waals surface area contributed by atoms with Crippen molar-refractivity contribution < 1.29 is 38.4 Å². The minimum Gasteiger partial charge on any atom is -0.504 e. The molecule has 1 aliphatic heterocycles. The van der Waals surface area contributed by atoms with Crippen LogP contribution in [-0.2, 0) is 9.53 Å². The summed E-state index contributed by atoms with van der Waals surface area (Å²) in [6, 6.07) is 12.3. The first-order valence-electron chi connectivity index (χ1n) is 10.5. The first kappa shape index (κ1) is 23.0. The van der Waals surface area contributed by atoms with Gasteiger partial charge in [0, 0.05) is 12.0 Å². The van der Waals surface area contributed by atoms with Crippen LogP contribution >= 0.6 is 0 Å². The number of ketones is 2. The van der Waals surface area contributed by atoms with Gasteiger partial charge >= 0.3 is 0 Å². The smallest absolute Gasteiger partial charge is 0.206 e. The minimum absolute atomic E-state index is 0.0850. The molecular weight excluding hydrogens is 440 g/mol. The molecule has 3 aromatic rings. The predicted octanol–water partition coefficient (Wildman–Crippen LogP) is 4.33. The van der Waals surface area contributed by atoms with Crippen molar-refractivity contribution in [2.75, 3.05) is 14.2 Å². The van der Waals surface area contributed by atoms with Gasteiger partial charge in [-0.1, -0.05) is 12.1 Å². The molecule has 0 spiro atoms. The van der Waals surface area contributed by atoms with E-state index in [4.69, 9.17) is 18.6 Å². The predicted molar refractivity (Wildman–Crippen MR) is 121 cm³/mol. The number of hydrogen-bond acceptors (Lipinski definition) is 8. The van der Waals surface area contributed by atoms with Crippen molar-refractivity contribution in [1.29, 1.82) is 0 Å². The zero-order chi connectivity index (χ0) is 24.4. The SMILES string of the molecule is COc1cc(C(C(=O)c2ccco2)C(c2ccc(O)c(OC)c2)C2OC(C)=CC2=O)ccc1O. The van der Waals surface area contributed by atoms with Gasteiger partial charge in [0.2, 0.25) is 5.78 Å². The number of carbonyl (C=O) groups is 2. The van der Waals surface area contributed by atoms with E-state index in [9.17, 15) is 19.8 Å². The summed E-state index contributed by atoms with van der Waals surface area (Å²) in [5.41, 5.74) is 1.02. The van der Waals surface area contributed by atoms with Gasteiger partial charge < -0.3 is 28.8 Å². The van der Waals surface area contributed by atoms with Gasteiger partial charge in [0.05, 0.1) is 32.2 Å². The molecule has 0 amide bonds. The highest BCUT2D eigenvalue weighted by Gasteiger charge is 2.44. The Balaban J connectivity index is 1.94. The fourth-order valence-electron chi connectivity index (χ4n) is 4.25. The quantitative estimate of drug-likeness (QED) is 0.474. The summed E-state index contributed by atoms with van der Waals surface area (Å²) in [5, 5.41) is 20.3. The van der Waals surface area contributed by atoms with Gasteiger partial charge in [0.15, 0.2) is 40.6 Å². The second-order valence-electron chi connectivity index (χ2n) is 7.90. The molecule has 2 aromatic carbocycles. The maximum absolute atomic E-state index is 13.8. The van der Waals surface area contributed by atoms with Crippen LogP contribution in [0.2, 0.25) is 0 Å². The van der Waals surface area contributed by atoms with Crippen LogP contribution in [0.4, 0.5) is 0 Å². The number of ether oxygens (including phenoxy) is 3. The lowest BCUT2D eigenvalue weighted by molar-refractivity contribution is -0.121. The van der Waals surface area contributed by atoms with Crippen molar-refractivity contribution in [3.8, 4) is 23.0 Å². The highest BCUT2D eigenvalue weighted by Crippen LogP contribution is 2.45. The third-order valence-corrected chi connectivity index (χ3v) is 5.82. The number of phenols is 2. The second kappa shape index (κ2) is 9.35. The largest absolute Gasteiger partial charge is 0.504 e. The van der Waals surface area contributed by atoms with Crippen molar-refractivity contribution in [3.63, 3.8) is 0 Å². The normalized spacial score (nSPS) is 17.0. The summed E-state index contributed by atoms with van der Waals surface area (Å²) in [6.45, 7) is 1.67. The van der Waals surface area contributed by atoms with Crippen LogP contribution in [0.25, 0.3) is 0 Å². The van der Waals surface area contributed by atoms with E-state index in [1.165, 1.54) is 38.7 Å². The molecule has 0 bridgehead atoms. The summed E-state index contributed by atoms with van der Waals surface area (Å²) < 4.78 is 21.8. The fraction of sp³-hybridized carbons (Fsp3) is 0.231. The molecule has 3 atom stereocenters. The van der Waals surface area contributed by atoms with Gasteiger partial charge in [-0.05, 0) is 54.4 Å². The summed E-state index contributed by atoms with van der Waals surface area (Å²) in [5.74, 6) is -1.78. The number of rotatable bonds is 8. The first-order chi connectivity index (χ1) is 16.3. The maximum atomic E-state index is 13.8. The van der Waals surface area contributed by atoms with Crippen molar-refractivity contribution >= 4 is 11.6 Å². The molecule has 1 aliphatic rings. The van der Waals surface area contributed by atoms with E-state index in [-0.39, 0.29) is 34.5 Å². The van der Waals surface area contributed by atoms with Crippen LogP contribution in [0, 0.1) is 0 Å². The zero-order valence-corrected chi connectivity index (χ0v) is 18.8. The van der Waals surface area contributed by atoms with Crippen LogP contribution in [0.3, 0.4) is 0 Å². The zero-order valence-electron chi connectivity index (χ0n) is 18.8. The van der Waals surface area contributed by atoms with Crippen molar-refractivity contribution in [3.05, 3.63) is 83.5 Å². The number of carbonyl (C=O) groups excluding carboxylic acids is 2. The molecule has 176 valence electrons. The number of aromatic hydroxyl groups is 2. The third kappa shape index (κ3) is 4.22. The monoisotopic (exact) mass is 464 g/mol. The van der Waals surface area contributed by atoms with E-state index in [1.54, 1.807) is 43.3 Å². The average Bonchev–Trinajstić information content (AvgIpc) is 3.48. The molecule has 2 heterocycles. The topological polar surface area (TPSA) is 115 Å². The van der Waals surface area contributed by atoms with Crippen molar-refractivity contribution in [2.24, 2.45) is 0 Å². The molecule has 0 saturated heterocycles. The van der Waals surface area contributed by atoms with Gasteiger partial charge in [-0.25, -0.2) is 0 Å². The molecular formula is C26H24O8. The van der Waals surface area contributed by atoms with Crippen LogP contribution in [-0.4, -0.2) is 42.1 Å². The Morgan fingerprint density at radius 2 is 1.59 bits per heavy atom. The van der Waals surface area contributed by atoms with Crippen LogP contribution in [0.5, 0.6) is 23.0 Å². The van der Waals surface area contributed by atoms with E-state index in [0.29, 0.717) is 16.9 Å². The second-order valence-corrected chi connectivity index (χ2v) is 7.90. The summed E-state index contributed by atoms with van der Waals surface area (Å²) in [4.78, 5) is 26.8. The molecule has 3 unspecified atom stereocenters.